The van der Waals surface area contributed by atoms with E-state index in [1.54, 1.807) is 7.05 Å². The molecule has 0 rings (SSSR count). The molecule has 0 heterocycles. The second-order valence-corrected chi connectivity index (χ2v) is 4.07. The van der Waals surface area contributed by atoms with Crippen molar-refractivity contribution in [1.82, 2.24) is 10.2 Å². The molecule has 0 radical (unpaired) electrons. The van der Waals surface area contributed by atoms with Crippen LogP contribution in [0.15, 0.2) is 0 Å². The fourth-order valence-electron chi connectivity index (χ4n) is 1.31. The van der Waals surface area contributed by atoms with Gasteiger partial charge in [-0.15, -0.1) is 0 Å². The van der Waals surface area contributed by atoms with Crippen LogP contribution in [0.1, 0.15) is 6.42 Å². The number of hydrogen-bond acceptors (Lipinski definition) is 7. The van der Waals surface area contributed by atoms with Gasteiger partial charge < -0.3 is 30.8 Å². The largest absolute Gasteiger partial charge is 0.481 e. The van der Waals surface area contributed by atoms with Gasteiger partial charge in [0.1, 0.15) is 6.04 Å². The fraction of sp³-hybridized carbons (Fsp3) is 0.545. The highest BCUT2D eigenvalue weighted by molar-refractivity contribution is 5.82. The van der Waals surface area contributed by atoms with E-state index in [-0.39, 0.29) is 6.54 Å². The van der Waals surface area contributed by atoms with Crippen molar-refractivity contribution in [2.75, 3.05) is 26.7 Å². The molecule has 1 atom stereocenters. The zero-order chi connectivity index (χ0) is 18.6. The summed E-state index contributed by atoms with van der Waals surface area (Å²) < 4.78 is 0. The van der Waals surface area contributed by atoms with Gasteiger partial charge in [-0.2, -0.15) is 0 Å². The molecule has 0 aliphatic carbocycles. The van der Waals surface area contributed by atoms with Crippen LogP contribution < -0.4 is 5.32 Å². The Kier molecular flexibility index (Phi) is 11.6. The summed E-state index contributed by atoms with van der Waals surface area (Å²) in [5, 5.41) is 44.5. The average Bonchev–Trinajstić information content (AvgIpc) is 2.33. The summed E-state index contributed by atoms with van der Waals surface area (Å²) in [5.74, 6) is -6.75. The van der Waals surface area contributed by atoms with Crippen molar-refractivity contribution in [2.24, 2.45) is 0 Å². The molecule has 0 bridgehead atoms. The Balaban J connectivity index is 0. The minimum absolute atomic E-state index is 0.0417. The van der Waals surface area contributed by atoms with E-state index in [1.165, 1.54) is 0 Å². The molecule has 12 heteroatoms. The lowest BCUT2D eigenvalue weighted by atomic mass is 10.1. The van der Waals surface area contributed by atoms with E-state index in [9.17, 15) is 24.0 Å². The van der Waals surface area contributed by atoms with Crippen molar-refractivity contribution in [1.29, 1.82) is 0 Å². The second kappa shape index (κ2) is 11.9. The summed E-state index contributed by atoms with van der Waals surface area (Å²) in [7, 11) is 1.59. The Morgan fingerprint density at radius 1 is 0.826 bits per heavy atom. The molecule has 0 saturated carbocycles. The molecule has 23 heavy (non-hydrogen) atoms. The molecule has 6 N–H and O–H groups in total. The SMILES string of the molecule is CNCC(=O)O.O=C(O)C[C@@H](C(=O)O)N(CC(=O)O)CC(=O)O. The van der Waals surface area contributed by atoms with Crippen LogP contribution in [0.2, 0.25) is 0 Å². The van der Waals surface area contributed by atoms with Crippen LogP contribution >= 0.6 is 0 Å². The Bertz CT molecular complexity index is 434. The second-order valence-electron chi connectivity index (χ2n) is 4.07. The first kappa shape index (κ1) is 22.5. The van der Waals surface area contributed by atoms with E-state index < -0.39 is 55.4 Å². The number of nitrogens with zero attached hydrogens (tertiary/aromatic N) is 1. The summed E-state index contributed by atoms with van der Waals surface area (Å²) in [4.78, 5) is 52.1. The summed E-state index contributed by atoms with van der Waals surface area (Å²) in [6, 6.07) is -1.69. The Morgan fingerprint density at radius 2 is 1.26 bits per heavy atom. The summed E-state index contributed by atoms with van der Waals surface area (Å²) in [6.07, 6.45) is -0.879. The highest BCUT2D eigenvalue weighted by Crippen LogP contribution is 2.05. The van der Waals surface area contributed by atoms with Crippen LogP contribution in [0.5, 0.6) is 0 Å². The number of likely N-dealkylation sites (N-methyl/N-ethyl adjacent to an activating group) is 1. The average molecular weight is 338 g/mol. The number of carboxylic acids is 5. The maximum atomic E-state index is 10.7. The lowest BCUT2D eigenvalue weighted by Crippen LogP contribution is -2.47. The van der Waals surface area contributed by atoms with Gasteiger partial charge in [0, 0.05) is 0 Å². The normalized spacial score (nSPS) is 11.0. The van der Waals surface area contributed by atoms with Crippen molar-refractivity contribution in [2.45, 2.75) is 12.5 Å². The van der Waals surface area contributed by atoms with Gasteiger partial charge in [-0.1, -0.05) is 0 Å². The number of rotatable bonds is 10. The summed E-state index contributed by atoms with van der Waals surface area (Å²) >= 11 is 0. The van der Waals surface area contributed by atoms with Gasteiger partial charge in [-0.3, -0.25) is 28.9 Å². The van der Waals surface area contributed by atoms with Gasteiger partial charge in [0.25, 0.3) is 0 Å². The number of nitrogens with one attached hydrogen (secondary N) is 1. The van der Waals surface area contributed by atoms with Crippen LogP contribution in [0.4, 0.5) is 0 Å². The minimum Gasteiger partial charge on any atom is -0.481 e. The van der Waals surface area contributed by atoms with Crippen molar-refractivity contribution in [3.63, 3.8) is 0 Å². The van der Waals surface area contributed by atoms with E-state index in [0.29, 0.717) is 4.90 Å². The molecule has 0 saturated heterocycles. The molecule has 0 fully saturated rings. The zero-order valence-corrected chi connectivity index (χ0v) is 12.1. The lowest BCUT2D eigenvalue weighted by Gasteiger charge is -2.24. The smallest absolute Gasteiger partial charge is 0.321 e. The molecule has 0 aromatic rings. The fourth-order valence-corrected chi connectivity index (χ4v) is 1.31. The molecule has 0 spiro atoms. The van der Waals surface area contributed by atoms with Gasteiger partial charge in [0.05, 0.1) is 26.1 Å². The predicted octanol–water partition coefficient (Wildman–Crippen LogP) is -2.32. The standard InChI is InChI=1S/C8H11NO8.C3H7NO2/c10-5(11)1-4(8(16)17)9(2-6(12)13)3-7(14)15;1-4-2-3(5)6/h4H,1-3H2,(H,10,11)(H,12,13)(H,14,15)(H,16,17);4H,2H2,1H3,(H,5,6)/t4-;/m0./s1. The molecule has 0 aliphatic rings. The summed E-state index contributed by atoms with van der Waals surface area (Å²) in [6.45, 7) is -1.69. The van der Waals surface area contributed by atoms with Crippen molar-refractivity contribution < 1.29 is 49.5 Å². The topological polar surface area (TPSA) is 202 Å². The Hall–Kier alpha value is -2.73. The number of carboxylic acid groups (broad SMARTS) is 5. The van der Waals surface area contributed by atoms with Crippen molar-refractivity contribution in [3.8, 4) is 0 Å². The molecule has 0 aliphatic heterocycles. The van der Waals surface area contributed by atoms with Gasteiger partial charge in [0.2, 0.25) is 0 Å². The summed E-state index contributed by atoms with van der Waals surface area (Å²) in [5.41, 5.74) is 0. The quantitative estimate of drug-likeness (QED) is 0.248. The third-order valence-corrected chi connectivity index (χ3v) is 2.10. The van der Waals surface area contributed by atoms with E-state index in [4.69, 9.17) is 25.5 Å². The number of hydrogen-bond donors (Lipinski definition) is 6. The van der Waals surface area contributed by atoms with Crippen LogP contribution in [0, 0.1) is 0 Å². The molecule has 132 valence electrons. The predicted molar refractivity (Wildman–Crippen MR) is 72.1 cm³/mol. The van der Waals surface area contributed by atoms with Crippen LogP contribution in [-0.4, -0.2) is 93.0 Å². The first-order valence-electron chi connectivity index (χ1n) is 5.99. The number of carbonyl (C=O) groups is 5. The van der Waals surface area contributed by atoms with Gasteiger partial charge >= 0.3 is 29.8 Å². The van der Waals surface area contributed by atoms with Crippen LogP contribution in [-0.2, 0) is 24.0 Å². The van der Waals surface area contributed by atoms with Crippen molar-refractivity contribution in [3.05, 3.63) is 0 Å². The molecule has 0 unspecified atom stereocenters. The molecule has 12 nitrogen and oxygen atoms in total. The number of aliphatic carboxylic acids is 5. The Morgan fingerprint density at radius 3 is 1.43 bits per heavy atom. The van der Waals surface area contributed by atoms with E-state index in [2.05, 4.69) is 5.32 Å². The minimum atomic E-state index is -1.69. The van der Waals surface area contributed by atoms with E-state index in [1.807, 2.05) is 0 Å². The first-order valence-corrected chi connectivity index (χ1v) is 5.99. The highest BCUT2D eigenvalue weighted by atomic mass is 16.4. The van der Waals surface area contributed by atoms with E-state index >= 15 is 0 Å². The molecular formula is C11H18N2O10. The monoisotopic (exact) mass is 338 g/mol. The maximum Gasteiger partial charge on any atom is 0.321 e. The maximum absolute atomic E-state index is 10.7. The van der Waals surface area contributed by atoms with Crippen molar-refractivity contribution >= 4 is 29.8 Å². The Labute approximate surface area is 129 Å². The molecular weight excluding hydrogens is 320 g/mol. The van der Waals surface area contributed by atoms with Gasteiger partial charge in [-0.05, 0) is 7.05 Å². The third kappa shape index (κ3) is 14.0. The zero-order valence-electron chi connectivity index (χ0n) is 12.1. The molecule has 0 aromatic carbocycles. The highest BCUT2D eigenvalue weighted by Gasteiger charge is 2.30. The van der Waals surface area contributed by atoms with Crippen LogP contribution in [0.3, 0.4) is 0 Å². The third-order valence-electron chi connectivity index (χ3n) is 2.10. The van der Waals surface area contributed by atoms with Crippen LogP contribution in [0.25, 0.3) is 0 Å². The van der Waals surface area contributed by atoms with Gasteiger partial charge in [-0.25, -0.2) is 0 Å². The first-order chi connectivity index (χ1) is 10.5. The van der Waals surface area contributed by atoms with E-state index in [0.717, 1.165) is 0 Å². The molecule has 0 aromatic heterocycles. The molecule has 0 amide bonds. The lowest BCUT2D eigenvalue weighted by molar-refractivity contribution is -0.154. The van der Waals surface area contributed by atoms with Gasteiger partial charge in [0.15, 0.2) is 0 Å².